The molecule has 1 heterocycles. The zero-order valence-corrected chi connectivity index (χ0v) is 12.0. The van der Waals surface area contributed by atoms with Crippen LogP contribution in [0.4, 0.5) is 11.5 Å². The van der Waals surface area contributed by atoms with E-state index in [9.17, 15) is 9.90 Å². The van der Waals surface area contributed by atoms with Gasteiger partial charge in [0, 0.05) is 17.3 Å². The van der Waals surface area contributed by atoms with Crippen LogP contribution >= 0.6 is 0 Å². The van der Waals surface area contributed by atoms with Crippen LogP contribution in [-0.4, -0.2) is 15.7 Å². The van der Waals surface area contributed by atoms with E-state index in [2.05, 4.69) is 10.4 Å². The smallest absolute Gasteiger partial charge is 0.134 e. The van der Waals surface area contributed by atoms with Gasteiger partial charge in [0.05, 0.1) is 17.4 Å². The molecule has 3 aromatic rings. The quantitative estimate of drug-likeness (QED) is 0.801. The second kappa shape index (κ2) is 5.73. The molecule has 1 N–H and O–H groups in total. The fraction of sp³-hybridized carbons (Fsp3) is 0.0588. The van der Waals surface area contributed by atoms with Gasteiger partial charge in [-0.3, -0.25) is 0 Å². The van der Waals surface area contributed by atoms with Gasteiger partial charge < -0.3 is 15.2 Å². The van der Waals surface area contributed by atoms with E-state index in [1.807, 2.05) is 43.3 Å². The monoisotopic (exact) mass is 292 g/mol. The zero-order valence-electron chi connectivity index (χ0n) is 12.0. The van der Waals surface area contributed by atoms with Gasteiger partial charge in [-0.05, 0) is 25.1 Å². The number of para-hydroxylation sites is 2. The van der Waals surface area contributed by atoms with Gasteiger partial charge in [0.25, 0.3) is 0 Å². The van der Waals surface area contributed by atoms with Gasteiger partial charge in [0.1, 0.15) is 5.82 Å². The average Bonchev–Trinajstić information content (AvgIpc) is 2.88. The van der Waals surface area contributed by atoms with Crippen LogP contribution in [0.15, 0.2) is 60.7 Å². The molecular formula is C17H14N3O2-. The highest BCUT2D eigenvalue weighted by molar-refractivity contribution is 5.90. The molecule has 0 radical (unpaired) electrons. The summed E-state index contributed by atoms with van der Waals surface area (Å²) in [6.07, 6.45) is 0. The largest absolute Gasteiger partial charge is 0.545 e. The van der Waals surface area contributed by atoms with Gasteiger partial charge >= 0.3 is 0 Å². The minimum atomic E-state index is -1.23. The lowest BCUT2D eigenvalue weighted by Crippen LogP contribution is -2.24. The van der Waals surface area contributed by atoms with E-state index in [-0.39, 0.29) is 5.56 Å². The lowest BCUT2D eigenvalue weighted by atomic mass is 10.2. The van der Waals surface area contributed by atoms with Crippen LogP contribution in [0.25, 0.3) is 5.69 Å². The molecule has 0 spiro atoms. The second-order valence-corrected chi connectivity index (χ2v) is 4.88. The summed E-state index contributed by atoms with van der Waals surface area (Å²) in [5.74, 6) is -0.535. The number of carbonyl (C=O) groups excluding carboxylic acids is 1. The Hall–Kier alpha value is -3.08. The van der Waals surface area contributed by atoms with Gasteiger partial charge in [-0.2, -0.15) is 5.10 Å². The molecule has 0 aliphatic carbocycles. The van der Waals surface area contributed by atoms with E-state index in [0.717, 1.165) is 11.4 Å². The summed E-state index contributed by atoms with van der Waals surface area (Å²) in [4.78, 5) is 11.3. The molecule has 0 amide bonds. The molecule has 0 atom stereocenters. The Kier molecular flexibility index (Phi) is 3.62. The first-order valence-electron chi connectivity index (χ1n) is 6.84. The van der Waals surface area contributed by atoms with Crippen molar-refractivity contribution in [1.82, 2.24) is 9.78 Å². The summed E-state index contributed by atoms with van der Waals surface area (Å²) < 4.78 is 1.58. The number of hydrogen-bond acceptors (Lipinski definition) is 4. The maximum Gasteiger partial charge on any atom is 0.134 e. The number of benzene rings is 2. The summed E-state index contributed by atoms with van der Waals surface area (Å²) >= 11 is 0. The average molecular weight is 292 g/mol. The number of aryl methyl sites for hydroxylation is 1. The van der Waals surface area contributed by atoms with Gasteiger partial charge in [0.2, 0.25) is 0 Å². The highest BCUT2D eigenvalue weighted by Crippen LogP contribution is 2.23. The van der Waals surface area contributed by atoms with Gasteiger partial charge in [-0.1, -0.05) is 36.4 Å². The summed E-state index contributed by atoms with van der Waals surface area (Å²) in [6.45, 7) is 1.86. The van der Waals surface area contributed by atoms with Crippen molar-refractivity contribution in [3.8, 4) is 5.69 Å². The van der Waals surface area contributed by atoms with Gasteiger partial charge in [-0.25, -0.2) is 4.68 Å². The van der Waals surface area contributed by atoms with Gasteiger partial charge in [-0.15, -0.1) is 0 Å². The third-order valence-corrected chi connectivity index (χ3v) is 3.23. The van der Waals surface area contributed by atoms with Crippen molar-refractivity contribution < 1.29 is 9.90 Å². The molecule has 0 saturated heterocycles. The first-order valence-corrected chi connectivity index (χ1v) is 6.84. The van der Waals surface area contributed by atoms with Crippen molar-refractivity contribution >= 4 is 17.5 Å². The molecule has 0 unspecified atom stereocenters. The molecule has 0 bridgehead atoms. The summed E-state index contributed by atoms with van der Waals surface area (Å²) in [6, 6.07) is 18.1. The molecule has 1 aromatic heterocycles. The lowest BCUT2D eigenvalue weighted by molar-refractivity contribution is -0.255. The first-order chi connectivity index (χ1) is 10.6. The zero-order chi connectivity index (χ0) is 15.5. The van der Waals surface area contributed by atoms with Gasteiger partial charge in [0.15, 0.2) is 0 Å². The number of carboxylic acid groups (broad SMARTS) is 1. The van der Waals surface area contributed by atoms with E-state index in [1.54, 1.807) is 22.9 Å². The van der Waals surface area contributed by atoms with Crippen LogP contribution in [0, 0.1) is 6.92 Å². The molecule has 0 aliphatic rings. The molecule has 5 heteroatoms. The number of carbonyl (C=O) groups is 1. The normalized spacial score (nSPS) is 10.4. The molecule has 110 valence electrons. The number of hydrogen-bond donors (Lipinski definition) is 1. The third kappa shape index (κ3) is 2.69. The van der Waals surface area contributed by atoms with Crippen LogP contribution in [-0.2, 0) is 0 Å². The highest BCUT2D eigenvalue weighted by atomic mass is 16.4. The molecule has 5 nitrogen and oxygen atoms in total. The molecule has 2 aromatic carbocycles. The Balaban J connectivity index is 2.07. The van der Waals surface area contributed by atoms with Crippen molar-refractivity contribution in [1.29, 1.82) is 0 Å². The second-order valence-electron chi connectivity index (χ2n) is 4.88. The number of nitrogens with one attached hydrogen (secondary N) is 1. The van der Waals surface area contributed by atoms with Crippen LogP contribution in [0.5, 0.6) is 0 Å². The van der Waals surface area contributed by atoms with Crippen molar-refractivity contribution in [2.45, 2.75) is 6.92 Å². The fourth-order valence-electron chi connectivity index (χ4n) is 2.27. The Labute approximate surface area is 127 Å². The number of aromatic nitrogens is 2. The standard InChI is InChI=1S/C17H15N3O2/c1-12-11-16(18-13-7-3-2-4-8-13)20(19-12)15-10-6-5-9-14(15)17(21)22/h2-11,18H,1H3,(H,21,22)/p-1. The highest BCUT2D eigenvalue weighted by Gasteiger charge is 2.11. The molecule has 22 heavy (non-hydrogen) atoms. The fourth-order valence-corrected chi connectivity index (χ4v) is 2.27. The Bertz CT molecular complexity index is 810. The van der Waals surface area contributed by atoms with Crippen molar-refractivity contribution in [2.75, 3.05) is 5.32 Å². The van der Waals surface area contributed by atoms with Crippen LogP contribution in [0.2, 0.25) is 0 Å². The number of aromatic carboxylic acids is 1. The minimum absolute atomic E-state index is 0.0988. The van der Waals surface area contributed by atoms with E-state index >= 15 is 0 Å². The van der Waals surface area contributed by atoms with Crippen molar-refractivity contribution in [3.63, 3.8) is 0 Å². The summed E-state index contributed by atoms with van der Waals surface area (Å²) in [5, 5.41) is 18.9. The molecule has 0 fully saturated rings. The van der Waals surface area contributed by atoms with Crippen molar-refractivity contribution in [2.24, 2.45) is 0 Å². The maximum atomic E-state index is 11.3. The molecule has 0 aliphatic heterocycles. The van der Waals surface area contributed by atoms with E-state index in [0.29, 0.717) is 11.5 Å². The van der Waals surface area contributed by atoms with E-state index in [4.69, 9.17) is 0 Å². The maximum absolute atomic E-state index is 11.3. The predicted octanol–water partition coefficient (Wildman–Crippen LogP) is 2.29. The van der Waals surface area contributed by atoms with E-state index in [1.165, 1.54) is 6.07 Å². The van der Waals surface area contributed by atoms with Crippen LogP contribution in [0.3, 0.4) is 0 Å². The summed E-state index contributed by atoms with van der Waals surface area (Å²) in [5.41, 5.74) is 2.25. The Morgan fingerprint density at radius 2 is 1.77 bits per heavy atom. The molecular weight excluding hydrogens is 278 g/mol. The molecule has 3 rings (SSSR count). The minimum Gasteiger partial charge on any atom is -0.545 e. The SMILES string of the molecule is Cc1cc(Nc2ccccc2)n(-c2ccccc2C(=O)[O-])n1. The van der Waals surface area contributed by atoms with Crippen molar-refractivity contribution in [3.05, 3.63) is 71.9 Å². The number of nitrogens with zero attached hydrogens (tertiary/aromatic N) is 2. The summed E-state index contributed by atoms with van der Waals surface area (Å²) in [7, 11) is 0. The van der Waals surface area contributed by atoms with Crippen LogP contribution in [0.1, 0.15) is 16.1 Å². The third-order valence-electron chi connectivity index (χ3n) is 3.23. The Morgan fingerprint density at radius 1 is 1.09 bits per heavy atom. The van der Waals surface area contributed by atoms with Crippen LogP contribution < -0.4 is 10.4 Å². The molecule has 0 saturated carbocycles. The first kappa shape index (κ1) is 13.9. The lowest BCUT2D eigenvalue weighted by Gasteiger charge is -2.14. The topological polar surface area (TPSA) is 70.0 Å². The number of rotatable bonds is 4. The predicted molar refractivity (Wildman–Crippen MR) is 82.4 cm³/mol. The number of anilines is 2. The number of carboxylic acids is 1. The Morgan fingerprint density at radius 3 is 2.50 bits per heavy atom. The van der Waals surface area contributed by atoms with E-state index < -0.39 is 5.97 Å².